The summed E-state index contributed by atoms with van der Waals surface area (Å²) < 4.78 is 39.3. The molecule has 0 heterocycles. The third-order valence-corrected chi connectivity index (χ3v) is 6.54. The number of nitriles is 1. The SMILES string of the molecule is CCCCCCCCOC1CCC(c2ccc(COc3ccc(C#N)c(F)c3F)cc2)CC1. The average Bonchev–Trinajstić information content (AvgIpc) is 2.85. The Morgan fingerprint density at radius 2 is 1.58 bits per heavy atom. The van der Waals surface area contributed by atoms with Crippen molar-refractivity contribution in [2.24, 2.45) is 0 Å². The normalized spacial score (nSPS) is 18.1. The van der Waals surface area contributed by atoms with Crippen molar-refractivity contribution in [2.75, 3.05) is 6.61 Å². The second kappa shape index (κ2) is 13.3. The van der Waals surface area contributed by atoms with E-state index in [1.54, 1.807) is 6.07 Å². The van der Waals surface area contributed by atoms with Gasteiger partial charge in [0.05, 0.1) is 11.7 Å². The van der Waals surface area contributed by atoms with Crippen molar-refractivity contribution in [3.8, 4) is 11.8 Å². The molecule has 0 radical (unpaired) electrons. The first kappa shape index (κ1) is 25.2. The lowest BCUT2D eigenvalue weighted by atomic mass is 9.82. The summed E-state index contributed by atoms with van der Waals surface area (Å²) in [4.78, 5) is 0. The molecule has 0 spiro atoms. The lowest BCUT2D eigenvalue weighted by Crippen LogP contribution is -2.21. The lowest BCUT2D eigenvalue weighted by molar-refractivity contribution is 0.0226. The summed E-state index contributed by atoms with van der Waals surface area (Å²) in [6.45, 7) is 3.27. The van der Waals surface area contributed by atoms with Crippen LogP contribution in [0, 0.1) is 23.0 Å². The fraction of sp³-hybridized carbons (Fsp3) is 0.536. The van der Waals surface area contributed by atoms with Crippen molar-refractivity contribution >= 4 is 0 Å². The average molecular weight is 456 g/mol. The van der Waals surface area contributed by atoms with Gasteiger partial charge in [-0.25, -0.2) is 4.39 Å². The molecule has 3 rings (SSSR count). The summed E-state index contributed by atoms with van der Waals surface area (Å²) in [5, 5.41) is 8.77. The van der Waals surface area contributed by atoms with E-state index in [0.29, 0.717) is 12.0 Å². The molecule has 5 heteroatoms. The predicted octanol–water partition coefficient (Wildman–Crippen LogP) is 7.82. The van der Waals surface area contributed by atoms with Crippen LogP contribution in [0.25, 0.3) is 0 Å². The van der Waals surface area contributed by atoms with Crippen molar-refractivity contribution < 1.29 is 18.3 Å². The van der Waals surface area contributed by atoms with Gasteiger partial charge in [-0.05, 0) is 61.3 Å². The summed E-state index contributed by atoms with van der Waals surface area (Å²) in [7, 11) is 0. The maximum Gasteiger partial charge on any atom is 0.202 e. The molecule has 1 saturated carbocycles. The van der Waals surface area contributed by atoms with E-state index < -0.39 is 11.6 Å². The standard InChI is InChI=1S/C28H35F2NO2/c1-2-3-4-5-6-7-18-32-25-15-12-23(13-16-25)22-10-8-21(9-11-22)20-33-26-17-14-24(19-31)27(29)28(26)30/h8-11,14,17,23,25H,2-7,12-13,15-16,18,20H2,1H3. The van der Waals surface area contributed by atoms with Gasteiger partial charge in [-0.3, -0.25) is 0 Å². The van der Waals surface area contributed by atoms with Crippen molar-refractivity contribution in [2.45, 2.75) is 89.8 Å². The Balaban J connectivity index is 1.39. The first-order valence-electron chi connectivity index (χ1n) is 12.3. The molecule has 0 amide bonds. The molecule has 0 N–H and O–H groups in total. The fourth-order valence-corrected chi connectivity index (χ4v) is 4.47. The molecule has 2 aromatic carbocycles. The molecule has 0 atom stereocenters. The topological polar surface area (TPSA) is 42.2 Å². The highest BCUT2D eigenvalue weighted by molar-refractivity contribution is 5.38. The first-order chi connectivity index (χ1) is 16.1. The van der Waals surface area contributed by atoms with E-state index in [9.17, 15) is 8.78 Å². The van der Waals surface area contributed by atoms with Gasteiger partial charge < -0.3 is 9.47 Å². The fourth-order valence-electron chi connectivity index (χ4n) is 4.47. The highest BCUT2D eigenvalue weighted by Crippen LogP contribution is 2.34. The number of benzene rings is 2. The van der Waals surface area contributed by atoms with Gasteiger partial charge in [-0.1, -0.05) is 63.3 Å². The van der Waals surface area contributed by atoms with Gasteiger partial charge in [-0.15, -0.1) is 0 Å². The number of halogens is 2. The third kappa shape index (κ3) is 7.54. The smallest absolute Gasteiger partial charge is 0.202 e. The minimum Gasteiger partial charge on any atom is -0.486 e. The molecule has 33 heavy (non-hydrogen) atoms. The molecule has 1 aliphatic carbocycles. The van der Waals surface area contributed by atoms with E-state index >= 15 is 0 Å². The molecular weight excluding hydrogens is 420 g/mol. The number of hydrogen-bond donors (Lipinski definition) is 0. The quantitative estimate of drug-likeness (QED) is 0.306. The second-order valence-corrected chi connectivity index (χ2v) is 8.99. The molecule has 0 unspecified atom stereocenters. The van der Waals surface area contributed by atoms with E-state index in [-0.39, 0.29) is 17.9 Å². The summed E-state index contributed by atoms with van der Waals surface area (Å²) in [5.74, 6) is -1.94. The Bertz CT molecular complexity index is 899. The highest BCUT2D eigenvalue weighted by Gasteiger charge is 2.22. The lowest BCUT2D eigenvalue weighted by Gasteiger charge is -2.29. The zero-order valence-corrected chi connectivity index (χ0v) is 19.6. The van der Waals surface area contributed by atoms with Gasteiger partial charge in [0, 0.05) is 6.61 Å². The third-order valence-electron chi connectivity index (χ3n) is 6.54. The molecule has 0 saturated heterocycles. The molecule has 0 aromatic heterocycles. The molecule has 2 aromatic rings. The van der Waals surface area contributed by atoms with E-state index in [1.807, 2.05) is 12.1 Å². The van der Waals surface area contributed by atoms with Gasteiger partial charge >= 0.3 is 0 Å². The Kier molecular flexibility index (Phi) is 10.2. The minimum atomic E-state index is -1.17. The van der Waals surface area contributed by atoms with E-state index in [2.05, 4.69) is 19.1 Å². The monoisotopic (exact) mass is 455 g/mol. The number of rotatable bonds is 12. The Morgan fingerprint density at radius 1 is 0.879 bits per heavy atom. The minimum absolute atomic E-state index is 0.140. The molecule has 178 valence electrons. The van der Waals surface area contributed by atoms with Gasteiger partial charge in [0.2, 0.25) is 5.82 Å². The molecule has 1 fully saturated rings. The Hall–Kier alpha value is -2.45. The number of hydrogen-bond acceptors (Lipinski definition) is 3. The van der Waals surface area contributed by atoms with Crippen LogP contribution in [0.1, 0.15) is 93.7 Å². The molecular formula is C28H35F2NO2. The Morgan fingerprint density at radius 3 is 2.27 bits per heavy atom. The van der Waals surface area contributed by atoms with Gasteiger partial charge in [0.15, 0.2) is 11.6 Å². The summed E-state index contributed by atoms with van der Waals surface area (Å²) in [6, 6.07) is 12.3. The van der Waals surface area contributed by atoms with Crippen molar-refractivity contribution in [3.63, 3.8) is 0 Å². The molecule has 0 bridgehead atoms. The van der Waals surface area contributed by atoms with Gasteiger partial charge in [-0.2, -0.15) is 9.65 Å². The molecule has 3 nitrogen and oxygen atoms in total. The van der Waals surface area contributed by atoms with Gasteiger partial charge in [0.25, 0.3) is 0 Å². The van der Waals surface area contributed by atoms with Crippen LogP contribution in [0.2, 0.25) is 0 Å². The van der Waals surface area contributed by atoms with Crippen molar-refractivity contribution in [1.29, 1.82) is 5.26 Å². The largest absolute Gasteiger partial charge is 0.486 e. The predicted molar refractivity (Wildman–Crippen MR) is 126 cm³/mol. The van der Waals surface area contributed by atoms with Crippen LogP contribution in [0.3, 0.4) is 0 Å². The second-order valence-electron chi connectivity index (χ2n) is 8.99. The van der Waals surface area contributed by atoms with Crippen molar-refractivity contribution in [1.82, 2.24) is 0 Å². The van der Waals surface area contributed by atoms with E-state index in [4.69, 9.17) is 14.7 Å². The maximum atomic E-state index is 14.0. The van der Waals surface area contributed by atoms with Crippen LogP contribution in [0.4, 0.5) is 8.78 Å². The van der Waals surface area contributed by atoms with Crippen LogP contribution in [-0.2, 0) is 11.3 Å². The molecule has 1 aliphatic rings. The number of ether oxygens (including phenoxy) is 2. The first-order valence-corrected chi connectivity index (χ1v) is 12.3. The summed E-state index contributed by atoms with van der Waals surface area (Å²) in [5.41, 5.74) is 1.87. The van der Waals surface area contributed by atoms with Crippen LogP contribution < -0.4 is 4.74 Å². The Labute approximate surface area is 196 Å². The van der Waals surface area contributed by atoms with Crippen LogP contribution in [0.15, 0.2) is 36.4 Å². The zero-order chi connectivity index (χ0) is 23.5. The number of unbranched alkanes of at least 4 members (excludes halogenated alkanes) is 5. The van der Waals surface area contributed by atoms with Crippen molar-refractivity contribution in [3.05, 3.63) is 64.7 Å². The maximum absolute atomic E-state index is 14.0. The zero-order valence-electron chi connectivity index (χ0n) is 19.6. The highest BCUT2D eigenvalue weighted by atomic mass is 19.2. The van der Waals surface area contributed by atoms with Crippen LogP contribution >= 0.6 is 0 Å². The van der Waals surface area contributed by atoms with E-state index in [1.165, 1.54) is 56.2 Å². The molecule has 0 aliphatic heterocycles. The number of nitrogens with zero attached hydrogens (tertiary/aromatic N) is 1. The van der Waals surface area contributed by atoms with Crippen LogP contribution in [-0.4, -0.2) is 12.7 Å². The summed E-state index contributed by atoms with van der Waals surface area (Å²) >= 11 is 0. The van der Waals surface area contributed by atoms with Crippen LogP contribution in [0.5, 0.6) is 5.75 Å². The van der Waals surface area contributed by atoms with Gasteiger partial charge in [0.1, 0.15) is 12.7 Å². The summed E-state index contributed by atoms with van der Waals surface area (Å²) in [6.07, 6.45) is 12.6. The van der Waals surface area contributed by atoms with E-state index in [0.717, 1.165) is 37.9 Å².